The van der Waals surface area contributed by atoms with Gasteiger partial charge in [0, 0.05) is 5.02 Å². The second-order valence-electron chi connectivity index (χ2n) is 4.67. The number of halogens is 3. The Morgan fingerprint density at radius 3 is 2.43 bits per heavy atom. The van der Waals surface area contributed by atoms with Crippen LogP contribution in [-0.2, 0) is 0 Å². The van der Waals surface area contributed by atoms with E-state index >= 15 is 0 Å². The predicted molar refractivity (Wildman–Crippen MR) is 74.8 cm³/mol. The molecule has 0 spiro atoms. The monoisotopic (exact) mass is 311 g/mol. The van der Waals surface area contributed by atoms with Gasteiger partial charge in [0.25, 0.3) is 0 Å². The van der Waals surface area contributed by atoms with Crippen LogP contribution >= 0.6 is 11.6 Å². The van der Waals surface area contributed by atoms with E-state index in [0.717, 1.165) is 12.1 Å². The van der Waals surface area contributed by atoms with Gasteiger partial charge < -0.3 is 15.2 Å². The van der Waals surface area contributed by atoms with Gasteiger partial charge in [-0.25, -0.2) is 8.78 Å². The molecule has 2 N–H and O–H groups in total. The van der Waals surface area contributed by atoms with Gasteiger partial charge in [-0.3, -0.25) is 0 Å². The largest absolute Gasteiger partial charge is 0.486 e. The van der Waals surface area contributed by atoms with Crippen LogP contribution in [0.25, 0.3) is 0 Å². The molecule has 1 aliphatic heterocycles. The molecule has 0 amide bonds. The van der Waals surface area contributed by atoms with Crippen LogP contribution in [0.4, 0.5) is 8.78 Å². The lowest BCUT2D eigenvalue weighted by atomic mass is 9.98. The Balaban J connectivity index is 1.98. The number of hydrogen-bond donors (Lipinski definition) is 1. The molecular weight excluding hydrogens is 300 g/mol. The summed E-state index contributed by atoms with van der Waals surface area (Å²) in [6, 6.07) is 6.44. The lowest BCUT2D eigenvalue weighted by molar-refractivity contribution is 0.171. The van der Waals surface area contributed by atoms with Crippen molar-refractivity contribution < 1.29 is 18.3 Å². The Kier molecular flexibility index (Phi) is 3.69. The van der Waals surface area contributed by atoms with Crippen LogP contribution in [0, 0.1) is 11.6 Å². The van der Waals surface area contributed by atoms with Crippen LogP contribution in [0.1, 0.15) is 17.2 Å². The first-order chi connectivity index (χ1) is 10.1. The third-order valence-corrected chi connectivity index (χ3v) is 3.63. The number of benzene rings is 2. The number of nitrogens with two attached hydrogens (primary N) is 1. The molecule has 6 heteroatoms. The molecule has 1 unspecified atom stereocenters. The molecule has 0 saturated carbocycles. The molecule has 0 fully saturated rings. The van der Waals surface area contributed by atoms with E-state index in [2.05, 4.69) is 0 Å². The minimum absolute atomic E-state index is 0.0799. The Morgan fingerprint density at radius 1 is 1.00 bits per heavy atom. The molecule has 2 aromatic rings. The summed E-state index contributed by atoms with van der Waals surface area (Å²) in [5.41, 5.74) is 7.08. The molecule has 0 saturated heterocycles. The van der Waals surface area contributed by atoms with Crippen molar-refractivity contribution in [2.75, 3.05) is 13.2 Å². The molecule has 0 aromatic heterocycles. The van der Waals surface area contributed by atoms with Crippen LogP contribution < -0.4 is 15.2 Å². The van der Waals surface area contributed by atoms with Crippen molar-refractivity contribution in [1.29, 1.82) is 0 Å². The average Bonchev–Trinajstić information content (AvgIpc) is 2.50. The van der Waals surface area contributed by atoms with Gasteiger partial charge in [0.15, 0.2) is 23.1 Å². The highest BCUT2D eigenvalue weighted by molar-refractivity contribution is 6.31. The fraction of sp³-hybridized carbons (Fsp3) is 0.200. The molecular formula is C15H12ClF2NO2. The molecule has 21 heavy (non-hydrogen) atoms. The average molecular weight is 312 g/mol. The van der Waals surface area contributed by atoms with E-state index in [1.54, 1.807) is 18.2 Å². The van der Waals surface area contributed by atoms with Gasteiger partial charge in [-0.05, 0) is 35.4 Å². The zero-order chi connectivity index (χ0) is 15.0. The Labute approximate surface area is 125 Å². The Hall–Kier alpha value is -1.85. The molecule has 0 aliphatic carbocycles. The molecule has 1 aliphatic rings. The number of ether oxygens (including phenoxy) is 2. The normalized spacial score (nSPS) is 14.9. The minimum atomic E-state index is -1.00. The maximum absolute atomic E-state index is 13.4. The van der Waals surface area contributed by atoms with Crippen LogP contribution in [0.3, 0.4) is 0 Å². The molecule has 0 radical (unpaired) electrons. The zero-order valence-electron chi connectivity index (χ0n) is 10.9. The number of hydrogen-bond acceptors (Lipinski definition) is 3. The fourth-order valence-corrected chi connectivity index (χ4v) is 2.48. The summed E-state index contributed by atoms with van der Waals surface area (Å²) in [7, 11) is 0. The number of fused-ring (bicyclic) bond motifs is 1. The van der Waals surface area contributed by atoms with Crippen LogP contribution in [0.15, 0.2) is 30.3 Å². The quantitative estimate of drug-likeness (QED) is 0.864. The van der Waals surface area contributed by atoms with E-state index in [1.165, 1.54) is 0 Å². The van der Waals surface area contributed by atoms with Gasteiger partial charge in [0.05, 0.1) is 6.04 Å². The summed E-state index contributed by atoms with van der Waals surface area (Å²) >= 11 is 5.95. The summed E-state index contributed by atoms with van der Waals surface area (Å²) in [4.78, 5) is 0. The summed E-state index contributed by atoms with van der Waals surface area (Å²) in [6.45, 7) is 0.949. The lowest BCUT2D eigenvalue weighted by Crippen LogP contribution is -2.17. The zero-order valence-corrected chi connectivity index (χ0v) is 11.7. The second-order valence-corrected chi connectivity index (χ2v) is 5.08. The van der Waals surface area contributed by atoms with E-state index in [-0.39, 0.29) is 5.02 Å². The highest BCUT2D eigenvalue weighted by atomic mass is 35.5. The van der Waals surface area contributed by atoms with Crippen molar-refractivity contribution in [3.05, 3.63) is 58.1 Å². The maximum atomic E-state index is 13.4. The third-order valence-electron chi connectivity index (χ3n) is 3.30. The van der Waals surface area contributed by atoms with Gasteiger partial charge in [-0.15, -0.1) is 0 Å². The van der Waals surface area contributed by atoms with E-state index in [0.29, 0.717) is 35.8 Å². The van der Waals surface area contributed by atoms with Crippen molar-refractivity contribution >= 4 is 11.6 Å². The first-order valence-corrected chi connectivity index (χ1v) is 6.73. The van der Waals surface area contributed by atoms with Gasteiger partial charge in [-0.2, -0.15) is 0 Å². The Morgan fingerprint density at radius 2 is 1.67 bits per heavy atom. The van der Waals surface area contributed by atoms with Crippen molar-refractivity contribution in [2.45, 2.75) is 6.04 Å². The summed E-state index contributed by atoms with van der Waals surface area (Å²) in [6.07, 6.45) is 0. The molecule has 3 rings (SSSR count). The van der Waals surface area contributed by atoms with Crippen LogP contribution in [-0.4, -0.2) is 13.2 Å². The summed E-state index contributed by atoms with van der Waals surface area (Å²) < 4.78 is 37.4. The van der Waals surface area contributed by atoms with Gasteiger partial charge >= 0.3 is 0 Å². The first kappa shape index (κ1) is 14.1. The smallest absolute Gasteiger partial charge is 0.161 e. The molecule has 3 nitrogen and oxygen atoms in total. The minimum Gasteiger partial charge on any atom is -0.486 e. The van der Waals surface area contributed by atoms with Crippen molar-refractivity contribution in [2.24, 2.45) is 5.73 Å². The van der Waals surface area contributed by atoms with E-state index in [1.807, 2.05) is 0 Å². The molecule has 0 bridgehead atoms. The highest BCUT2D eigenvalue weighted by Gasteiger charge is 2.19. The molecule has 1 heterocycles. The SMILES string of the molecule is NC(c1ccc2c(c1)OCCO2)c1cc(F)c(F)cc1Cl. The second kappa shape index (κ2) is 5.50. The summed E-state index contributed by atoms with van der Waals surface area (Å²) in [5.74, 6) is -0.776. The third kappa shape index (κ3) is 2.66. The predicted octanol–water partition coefficient (Wildman–Crippen LogP) is 3.44. The van der Waals surface area contributed by atoms with Crippen molar-refractivity contribution in [3.63, 3.8) is 0 Å². The van der Waals surface area contributed by atoms with Crippen molar-refractivity contribution in [3.8, 4) is 11.5 Å². The highest BCUT2D eigenvalue weighted by Crippen LogP contribution is 2.35. The molecule has 2 aromatic carbocycles. The van der Waals surface area contributed by atoms with E-state index in [4.69, 9.17) is 26.8 Å². The standard InChI is InChI=1S/C15H12ClF2NO2/c16-10-7-12(18)11(17)6-9(10)15(19)8-1-2-13-14(5-8)21-4-3-20-13/h1-2,5-7,15H,3-4,19H2. The van der Waals surface area contributed by atoms with Gasteiger partial charge in [0.2, 0.25) is 0 Å². The van der Waals surface area contributed by atoms with Crippen molar-refractivity contribution in [1.82, 2.24) is 0 Å². The van der Waals surface area contributed by atoms with Crippen LogP contribution in [0.5, 0.6) is 11.5 Å². The fourth-order valence-electron chi connectivity index (χ4n) is 2.21. The van der Waals surface area contributed by atoms with E-state index < -0.39 is 17.7 Å². The maximum Gasteiger partial charge on any atom is 0.161 e. The topological polar surface area (TPSA) is 44.5 Å². The summed E-state index contributed by atoms with van der Waals surface area (Å²) in [5, 5.41) is 0.0799. The lowest BCUT2D eigenvalue weighted by Gasteiger charge is -2.21. The van der Waals surface area contributed by atoms with Crippen LogP contribution in [0.2, 0.25) is 5.02 Å². The van der Waals surface area contributed by atoms with Gasteiger partial charge in [0.1, 0.15) is 13.2 Å². The van der Waals surface area contributed by atoms with Gasteiger partial charge in [-0.1, -0.05) is 17.7 Å². The molecule has 1 atom stereocenters. The molecule has 110 valence electrons. The van der Waals surface area contributed by atoms with E-state index in [9.17, 15) is 8.78 Å². The number of rotatable bonds is 2. The first-order valence-electron chi connectivity index (χ1n) is 6.36. The Bertz CT molecular complexity index is 694.